The quantitative estimate of drug-likeness (QED) is 0.586. The molecule has 0 spiro atoms. The van der Waals surface area contributed by atoms with Crippen LogP contribution in [0.1, 0.15) is 66.4 Å². The number of ether oxygens (including phenoxy) is 3. The summed E-state index contributed by atoms with van der Waals surface area (Å²) < 4.78 is 17.1. The molecule has 1 aromatic rings. The molecule has 0 aliphatic carbocycles. The van der Waals surface area contributed by atoms with Gasteiger partial charge in [-0.2, -0.15) is 0 Å². The summed E-state index contributed by atoms with van der Waals surface area (Å²) >= 11 is 0. The molecule has 0 unspecified atom stereocenters. The normalized spacial score (nSPS) is 24.8. The Kier molecular flexibility index (Phi) is 10.0. The van der Waals surface area contributed by atoms with Crippen LogP contribution >= 0.6 is 0 Å². The van der Waals surface area contributed by atoms with E-state index in [0.29, 0.717) is 12.5 Å². The molecular weight excluding hydrogens is 406 g/mol. The maximum atomic E-state index is 12.8. The van der Waals surface area contributed by atoms with Crippen molar-refractivity contribution in [3.8, 4) is 0 Å². The molecule has 2 rings (SSSR count). The number of carbonyl (C=O) groups is 2. The van der Waals surface area contributed by atoms with Crippen molar-refractivity contribution in [3.05, 3.63) is 35.9 Å². The van der Waals surface area contributed by atoms with Crippen molar-refractivity contribution in [2.24, 2.45) is 17.8 Å². The molecule has 1 aliphatic heterocycles. The van der Waals surface area contributed by atoms with Crippen LogP contribution in [0, 0.1) is 17.8 Å². The SMILES string of the molecule is CC(C)C[C@@H]1[C@@H](CCCc2ccccc2)COC[C@H](NC(=O)OC(C)(C)C)C(=O)O[C@H]1C. The van der Waals surface area contributed by atoms with Crippen LogP contribution in [-0.2, 0) is 25.4 Å². The highest BCUT2D eigenvalue weighted by atomic mass is 16.6. The number of amides is 1. The van der Waals surface area contributed by atoms with E-state index in [1.165, 1.54) is 5.56 Å². The molecule has 0 aromatic heterocycles. The minimum absolute atomic E-state index is 0.0778. The summed E-state index contributed by atoms with van der Waals surface area (Å²) in [5, 5.41) is 2.62. The Morgan fingerprint density at radius 1 is 1.19 bits per heavy atom. The fraction of sp³-hybridized carbons (Fsp3) is 0.692. The zero-order chi connectivity index (χ0) is 23.7. The van der Waals surface area contributed by atoms with Crippen LogP contribution in [0.3, 0.4) is 0 Å². The monoisotopic (exact) mass is 447 g/mol. The van der Waals surface area contributed by atoms with Gasteiger partial charge in [0.15, 0.2) is 6.04 Å². The highest BCUT2D eigenvalue weighted by Gasteiger charge is 2.35. The van der Waals surface area contributed by atoms with E-state index < -0.39 is 23.7 Å². The van der Waals surface area contributed by atoms with Gasteiger partial charge in [-0.15, -0.1) is 0 Å². The van der Waals surface area contributed by atoms with E-state index in [1.807, 2.05) is 13.0 Å². The van der Waals surface area contributed by atoms with Crippen molar-refractivity contribution in [1.82, 2.24) is 5.32 Å². The first-order valence-corrected chi connectivity index (χ1v) is 11.9. The van der Waals surface area contributed by atoms with Crippen LogP contribution in [0.4, 0.5) is 4.79 Å². The van der Waals surface area contributed by atoms with Crippen LogP contribution in [0.15, 0.2) is 30.3 Å². The standard InChI is InChI=1S/C26H41NO5/c1-18(2)15-22-19(3)31-24(28)23(27-25(29)32-26(4,5)6)17-30-16-21(22)14-10-13-20-11-8-7-9-12-20/h7-9,11-12,18-19,21-23H,10,13-17H2,1-6H3,(H,27,29)/t19-,21-,22-,23-/m0/s1. The highest BCUT2D eigenvalue weighted by molar-refractivity contribution is 5.81. The van der Waals surface area contributed by atoms with E-state index >= 15 is 0 Å². The Hall–Kier alpha value is -2.08. The molecule has 4 atom stereocenters. The van der Waals surface area contributed by atoms with Gasteiger partial charge < -0.3 is 19.5 Å². The minimum atomic E-state index is -0.880. The second kappa shape index (κ2) is 12.2. The average Bonchev–Trinajstić information content (AvgIpc) is 2.73. The molecule has 1 saturated heterocycles. The van der Waals surface area contributed by atoms with E-state index in [1.54, 1.807) is 20.8 Å². The van der Waals surface area contributed by atoms with Gasteiger partial charge in [0.2, 0.25) is 0 Å². The number of carbonyl (C=O) groups excluding carboxylic acids is 2. The van der Waals surface area contributed by atoms with Crippen molar-refractivity contribution in [1.29, 1.82) is 0 Å². The number of benzene rings is 1. The lowest BCUT2D eigenvalue weighted by Gasteiger charge is -2.32. The van der Waals surface area contributed by atoms with Gasteiger partial charge in [-0.25, -0.2) is 9.59 Å². The van der Waals surface area contributed by atoms with Gasteiger partial charge in [0.1, 0.15) is 11.7 Å². The lowest BCUT2D eigenvalue weighted by atomic mass is 9.79. The van der Waals surface area contributed by atoms with Crippen LogP contribution in [-0.4, -0.2) is 43.0 Å². The largest absolute Gasteiger partial charge is 0.461 e. The summed E-state index contributed by atoms with van der Waals surface area (Å²) in [4.78, 5) is 25.0. The topological polar surface area (TPSA) is 73.9 Å². The summed E-state index contributed by atoms with van der Waals surface area (Å²) in [5.41, 5.74) is 0.685. The maximum absolute atomic E-state index is 12.8. The first-order valence-electron chi connectivity index (χ1n) is 11.9. The Labute approximate surface area is 193 Å². The average molecular weight is 448 g/mol. The molecule has 0 radical (unpaired) electrons. The Bertz CT molecular complexity index is 713. The van der Waals surface area contributed by atoms with Gasteiger partial charge in [0.25, 0.3) is 0 Å². The van der Waals surface area contributed by atoms with Crippen molar-refractivity contribution >= 4 is 12.1 Å². The van der Waals surface area contributed by atoms with Gasteiger partial charge >= 0.3 is 12.1 Å². The molecule has 32 heavy (non-hydrogen) atoms. The molecular formula is C26H41NO5. The molecule has 1 aromatic carbocycles. The maximum Gasteiger partial charge on any atom is 0.408 e. The van der Waals surface area contributed by atoms with E-state index in [0.717, 1.165) is 25.7 Å². The molecule has 0 saturated carbocycles. The number of esters is 1. The molecule has 6 heteroatoms. The lowest BCUT2D eigenvalue weighted by Crippen LogP contribution is -2.47. The third-order valence-electron chi connectivity index (χ3n) is 5.73. The number of nitrogens with one attached hydrogen (secondary N) is 1. The molecule has 1 N–H and O–H groups in total. The van der Waals surface area contributed by atoms with Gasteiger partial charge in [-0.1, -0.05) is 44.2 Å². The second-order valence-corrected chi connectivity index (χ2v) is 10.3. The fourth-order valence-electron chi connectivity index (χ4n) is 4.25. The van der Waals surface area contributed by atoms with Crippen LogP contribution in [0.2, 0.25) is 0 Å². The Morgan fingerprint density at radius 2 is 1.88 bits per heavy atom. The summed E-state index contributed by atoms with van der Waals surface area (Å²) in [7, 11) is 0. The predicted molar refractivity (Wildman–Crippen MR) is 125 cm³/mol. The minimum Gasteiger partial charge on any atom is -0.461 e. The number of rotatable bonds is 7. The molecule has 1 heterocycles. The molecule has 6 nitrogen and oxygen atoms in total. The van der Waals surface area contributed by atoms with E-state index in [2.05, 4.69) is 43.4 Å². The number of cyclic esters (lactones) is 1. The number of hydrogen-bond donors (Lipinski definition) is 1. The van der Waals surface area contributed by atoms with Crippen molar-refractivity contribution in [3.63, 3.8) is 0 Å². The Morgan fingerprint density at radius 3 is 2.50 bits per heavy atom. The first kappa shape index (κ1) is 26.2. The molecule has 180 valence electrons. The third kappa shape index (κ3) is 9.19. The lowest BCUT2D eigenvalue weighted by molar-refractivity contribution is -0.154. The predicted octanol–water partition coefficient (Wildman–Crippen LogP) is 5.14. The first-order chi connectivity index (χ1) is 15.0. The van der Waals surface area contributed by atoms with Crippen LogP contribution in [0.25, 0.3) is 0 Å². The summed E-state index contributed by atoms with van der Waals surface area (Å²) in [6.45, 7) is 12.3. The van der Waals surface area contributed by atoms with Crippen molar-refractivity contribution in [2.45, 2.75) is 85.0 Å². The summed E-state index contributed by atoms with van der Waals surface area (Å²) in [6.07, 6.45) is 3.12. The number of aryl methyl sites for hydroxylation is 1. The zero-order valence-corrected chi connectivity index (χ0v) is 20.6. The smallest absolute Gasteiger partial charge is 0.408 e. The van der Waals surface area contributed by atoms with E-state index in [-0.39, 0.29) is 24.5 Å². The highest BCUT2D eigenvalue weighted by Crippen LogP contribution is 2.31. The van der Waals surface area contributed by atoms with Gasteiger partial charge in [0, 0.05) is 12.5 Å². The van der Waals surface area contributed by atoms with Crippen molar-refractivity contribution < 1.29 is 23.8 Å². The summed E-state index contributed by atoms with van der Waals surface area (Å²) in [6, 6.07) is 9.60. The van der Waals surface area contributed by atoms with Gasteiger partial charge in [-0.05, 0) is 70.8 Å². The number of hydrogen-bond acceptors (Lipinski definition) is 5. The molecule has 1 amide bonds. The fourth-order valence-corrected chi connectivity index (χ4v) is 4.25. The van der Waals surface area contributed by atoms with E-state index in [9.17, 15) is 9.59 Å². The zero-order valence-electron chi connectivity index (χ0n) is 20.6. The molecule has 1 aliphatic rings. The summed E-state index contributed by atoms with van der Waals surface area (Å²) in [5.74, 6) is 0.496. The van der Waals surface area contributed by atoms with Crippen molar-refractivity contribution in [2.75, 3.05) is 13.2 Å². The van der Waals surface area contributed by atoms with Gasteiger partial charge in [-0.3, -0.25) is 0 Å². The van der Waals surface area contributed by atoms with Crippen LogP contribution in [0.5, 0.6) is 0 Å². The van der Waals surface area contributed by atoms with Crippen LogP contribution < -0.4 is 5.32 Å². The Balaban J connectivity index is 2.05. The molecule has 1 fully saturated rings. The van der Waals surface area contributed by atoms with E-state index in [4.69, 9.17) is 14.2 Å². The molecule has 0 bridgehead atoms. The number of alkyl carbamates (subject to hydrolysis) is 1. The third-order valence-corrected chi connectivity index (χ3v) is 5.73. The second-order valence-electron chi connectivity index (χ2n) is 10.3. The van der Waals surface area contributed by atoms with Gasteiger partial charge in [0.05, 0.1) is 6.61 Å².